The zero-order chi connectivity index (χ0) is 27.6. The van der Waals surface area contributed by atoms with Crippen LogP contribution in [0, 0.1) is 0 Å². The van der Waals surface area contributed by atoms with Gasteiger partial charge in [0.15, 0.2) is 0 Å². The number of amides is 2. The topological polar surface area (TPSA) is 126 Å². The molecule has 3 aromatic carbocycles. The first-order chi connectivity index (χ1) is 18.9. The maximum absolute atomic E-state index is 13.5. The standard InChI is InChI=1S/C28H28N4O5S2/c1-37-28(34)31-23(16-19-8-4-2-5-9-19)26(33)29-24(17-20-12-14-22(15-13-20)32-39(35)36)27-30-25(18-38-27)21-10-6-3-7-11-21/h2-15,18,23-24,39H,16-17H2,1H3,(H,29,33)(H,31,34)(H,32,35,36)/t23-,24-/m0/s1. The molecule has 0 unspecified atom stereocenters. The molecule has 9 nitrogen and oxygen atoms in total. The van der Waals surface area contributed by atoms with Crippen LogP contribution in [0.15, 0.2) is 90.3 Å². The van der Waals surface area contributed by atoms with Crippen molar-refractivity contribution in [2.45, 2.75) is 24.9 Å². The number of ether oxygens (including phenoxy) is 1. The molecule has 4 aromatic rings. The Hall–Kier alpha value is -4.22. The lowest BCUT2D eigenvalue weighted by molar-refractivity contribution is -0.123. The van der Waals surface area contributed by atoms with Crippen molar-refractivity contribution in [3.05, 3.63) is 106 Å². The highest BCUT2D eigenvalue weighted by molar-refractivity contribution is 7.73. The van der Waals surface area contributed by atoms with Gasteiger partial charge in [0.1, 0.15) is 11.0 Å². The van der Waals surface area contributed by atoms with Crippen molar-refractivity contribution < 1.29 is 22.7 Å². The maximum Gasteiger partial charge on any atom is 0.407 e. The van der Waals surface area contributed by atoms with Gasteiger partial charge in [-0.2, -0.15) is 0 Å². The summed E-state index contributed by atoms with van der Waals surface area (Å²) in [6, 6.07) is 24.6. The number of carbonyl (C=O) groups is 2. The van der Waals surface area contributed by atoms with Crippen LogP contribution in [-0.2, 0) is 33.3 Å². The van der Waals surface area contributed by atoms with Crippen molar-refractivity contribution in [3.63, 3.8) is 0 Å². The minimum Gasteiger partial charge on any atom is -0.453 e. The summed E-state index contributed by atoms with van der Waals surface area (Å²) in [6.45, 7) is 0. The molecule has 2 amide bonds. The number of thiazole rings is 1. The third-order valence-electron chi connectivity index (χ3n) is 5.90. The van der Waals surface area contributed by atoms with Crippen LogP contribution in [0.4, 0.5) is 10.5 Å². The van der Waals surface area contributed by atoms with Gasteiger partial charge in [0.2, 0.25) is 16.8 Å². The lowest BCUT2D eigenvalue weighted by atomic mass is 10.0. The second-order valence-corrected chi connectivity index (χ2v) is 10.3. The zero-order valence-electron chi connectivity index (χ0n) is 21.1. The molecule has 0 spiro atoms. The Bertz CT molecular complexity index is 1450. The lowest BCUT2D eigenvalue weighted by Gasteiger charge is -2.22. The van der Waals surface area contributed by atoms with Crippen molar-refractivity contribution in [2.75, 3.05) is 11.8 Å². The fourth-order valence-electron chi connectivity index (χ4n) is 3.98. The molecule has 3 N–H and O–H groups in total. The van der Waals surface area contributed by atoms with Gasteiger partial charge in [-0.05, 0) is 29.7 Å². The smallest absolute Gasteiger partial charge is 0.407 e. The summed E-state index contributed by atoms with van der Waals surface area (Å²) >= 11 is 1.43. The summed E-state index contributed by atoms with van der Waals surface area (Å²) in [4.78, 5) is 30.4. The van der Waals surface area contributed by atoms with Crippen molar-refractivity contribution in [1.29, 1.82) is 0 Å². The first kappa shape index (κ1) is 27.8. The third kappa shape index (κ3) is 8.13. The van der Waals surface area contributed by atoms with E-state index in [4.69, 9.17) is 9.72 Å². The van der Waals surface area contributed by atoms with Crippen molar-refractivity contribution in [1.82, 2.24) is 15.6 Å². The molecule has 0 aliphatic heterocycles. The molecule has 1 aromatic heterocycles. The van der Waals surface area contributed by atoms with Crippen molar-refractivity contribution in [2.24, 2.45) is 0 Å². The van der Waals surface area contributed by atoms with E-state index >= 15 is 0 Å². The highest BCUT2D eigenvalue weighted by Gasteiger charge is 2.26. The minimum absolute atomic E-state index is 0.273. The fraction of sp³-hybridized carbons (Fsp3) is 0.179. The molecule has 0 aliphatic carbocycles. The molecule has 0 saturated carbocycles. The average molecular weight is 565 g/mol. The van der Waals surface area contributed by atoms with E-state index in [9.17, 15) is 18.0 Å². The number of alkyl carbamates (subject to hydrolysis) is 1. The van der Waals surface area contributed by atoms with E-state index in [0.717, 1.165) is 22.4 Å². The van der Waals surface area contributed by atoms with Crippen LogP contribution in [-0.4, -0.2) is 38.6 Å². The number of hydrogen-bond acceptors (Lipinski definition) is 7. The highest BCUT2D eigenvalue weighted by Crippen LogP contribution is 2.28. The van der Waals surface area contributed by atoms with Crippen LogP contribution in [0.5, 0.6) is 0 Å². The van der Waals surface area contributed by atoms with Gasteiger partial charge >= 0.3 is 6.09 Å². The average Bonchev–Trinajstić information content (AvgIpc) is 3.44. The Kier molecular flexibility index (Phi) is 9.65. The number of nitrogens with one attached hydrogen (secondary N) is 3. The predicted molar refractivity (Wildman–Crippen MR) is 152 cm³/mol. The summed E-state index contributed by atoms with van der Waals surface area (Å²) in [5.74, 6) is -0.382. The van der Waals surface area contributed by atoms with Crippen LogP contribution in [0.1, 0.15) is 22.2 Å². The molecule has 39 heavy (non-hydrogen) atoms. The first-order valence-corrected chi connectivity index (χ1v) is 14.2. The number of methoxy groups -OCH3 is 1. The van der Waals surface area contributed by atoms with E-state index < -0.39 is 29.1 Å². The van der Waals surface area contributed by atoms with Gasteiger partial charge in [0.25, 0.3) is 0 Å². The first-order valence-electron chi connectivity index (χ1n) is 12.1. The monoisotopic (exact) mass is 564 g/mol. The Labute approximate surface area is 232 Å². The van der Waals surface area contributed by atoms with E-state index in [1.54, 1.807) is 24.3 Å². The molecule has 0 aliphatic rings. The fourth-order valence-corrected chi connectivity index (χ4v) is 5.22. The minimum atomic E-state index is -2.77. The Morgan fingerprint density at radius 3 is 2.15 bits per heavy atom. The van der Waals surface area contributed by atoms with Gasteiger partial charge in [-0.15, -0.1) is 11.3 Å². The number of hydrogen-bond donors (Lipinski definition) is 4. The van der Waals surface area contributed by atoms with Crippen molar-refractivity contribution >= 4 is 39.9 Å². The predicted octanol–water partition coefficient (Wildman–Crippen LogP) is 4.12. The number of rotatable bonds is 11. The van der Waals surface area contributed by atoms with Crippen molar-refractivity contribution in [3.8, 4) is 11.3 Å². The number of thiol groups is 1. The van der Waals surface area contributed by atoms with E-state index in [2.05, 4.69) is 15.4 Å². The second-order valence-electron chi connectivity index (χ2n) is 8.65. The summed E-state index contributed by atoms with van der Waals surface area (Å²) in [6.07, 6.45) is -0.0360. The second kappa shape index (κ2) is 13.5. The molecule has 0 saturated heterocycles. The van der Waals surface area contributed by atoms with Gasteiger partial charge in [0.05, 0.1) is 18.8 Å². The van der Waals surface area contributed by atoms with Gasteiger partial charge in [0, 0.05) is 23.1 Å². The molecule has 202 valence electrons. The van der Waals surface area contributed by atoms with E-state index in [-0.39, 0.29) is 12.3 Å². The van der Waals surface area contributed by atoms with Crippen LogP contribution >= 0.6 is 11.3 Å². The van der Waals surface area contributed by atoms with E-state index in [1.807, 2.05) is 66.0 Å². The largest absolute Gasteiger partial charge is 0.453 e. The zero-order valence-corrected chi connectivity index (χ0v) is 22.8. The summed E-state index contributed by atoms with van der Waals surface area (Å²) < 4.78 is 29.1. The molecule has 0 bridgehead atoms. The number of carbonyl (C=O) groups excluding carboxylic acids is 2. The molecule has 11 heteroatoms. The number of anilines is 1. The quantitative estimate of drug-likeness (QED) is 0.203. The normalized spacial score (nSPS) is 12.4. The molecular weight excluding hydrogens is 536 g/mol. The molecule has 1 heterocycles. The SMILES string of the molecule is COC(=O)N[C@@H](Cc1ccccc1)C(=O)N[C@@H](Cc1ccc(N[SH](=O)=O)cc1)c1nc(-c2ccccc2)cs1. The van der Waals surface area contributed by atoms with Gasteiger partial charge in [-0.1, -0.05) is 72.8 Å². The van der Waals surface area contributed by atoms with Gasteiger partial charge in [-0.3, -0.25) is 9.52 Å². The van der Waals surface area contributed by atoms with Crippen LogP contribution in [0.25, 0.3) is 11.3 Å². The lowest BCUT2D eigenvalue weighted by Crippen LogP contribution is -2.49. The molecule has 4 rings (SSSR count). The Morgan fingerprint density at radius 2 is 1.51 bits per heavy atom. The number of nitrogens with zero attached hydrogens (tertiary/aromatic N) is 1. The molecular formula is C28H28N4O5S2. The molecule has 0 radical (unpaired) electrons. The van der Waals surface area contributed by atoms with Crippen LogP contribution in [0.2, 0.25) is 0 Å². The van der Waals surface area contributed by atoms with Gasteiger partial charge in [-0.25, -0.2) is 18.2 Å². The highest BCUT2D eigenvalue weighted by atomic mass is 32.2. The summed E-state index contributed by atoms with van der Waals surface area (Å²) in [7, 11) is -1.52. The summed E-state index contributed by atoms with van der Waals surface area (Å²) in [5, 5.41) is 8.34. The van der Waals surface area contributed by atoms with Crippen LogP contribution < -0.4 is 15.4 Å². The Balaban J connectivity index is 1.60. The van der Waals surface area contributed by atoms with Crippen LogP contribution in [0.3, 0.4) is 0 Å². The third-order valence-corrected chi connectivity index (χ3v) is 7.30. The van der Waals surface area contributed by atoms with Gasteiger partial charge < -0.3 is 15.4 Å². The summed E-state index contributed by atoms with van der Waals surface area (Å²) in [5.41, 5.74) is 3.94. The van der Waals surface area contributed by atoms with E-state index in [0.29, 0.717) is 17.1 Å². The maximum atomic E-state index is 13.5. The number of aromatic nitrogens is 1. The molecule has 0 fully saturated rings. The van der Waals surface area contributed by atoms with E-state index in [1.165, 1.54) is 18.4 Å². The Morgan fingerprint density at radius 1 is 0.872 bits per heavy atom. The molecule has 2 atom stereocenters. The number of benzene rings is 3.